The quantitative estimate of drug-likeness (QED) is 0.507. The number of nitrogens with one attached hydrogen (secondary N) is 2. The number of hydrogen-bond acceptors (Lipinski definition) is 6. The van der Waals surface area contributed by atoms with Crippen LogP contribution in [0.5, 0.6) is 5.75 Å². The van der Waals surface area contributed by atoms with E-state index in [0.29, 0.717) is 30.1 Å². The van der Waals surface area contributed by atoms with Crippen molar-refractivity contribution in [2.75, 3.05) is 30.3 Å². The minimum atomic E-state index is -4.45. The topological polar surface area (TPSA) is 101 Å². The number of alkyl halides is 3. The smallest absolute Gasteiger partial charge is 0.417 e. The van der Waals surface area contributed by atoms with Crippen molar-refractivity contribution in [1.29, 1.82) is 0 Å². The number of anilines is 2. The number of rotatable bonds is 5. The number of halogens is 3. The predicted octanol–water partition coefficient (Wildman–Crippen LogP) is 4.36. The molecule has 0 unspecified atom stereocenters. The lowest BCUT2D eigenvalue weighted by Crippen LogP contribution is -2.42. The summed E-state index contributed by atoms with van der Waals surface area (Å²) in [5, 5.41) is 5.82. The number of amides is 1. The summed E-state index contributed by atoms with van der Waals surface area (Å²) in [7, 11) is -3.71. The molecule has 1 aromatic heterocycles. The maximum Gasteiger partial charge on any atom is 0.417 e. The highest BCUT2D eigenvalue weighted by Gasteiger charge is 2.32. The van der Waals surface area contributed by atoms with Crippen LogP contribution in [0, 0.1) is 0 Å². The van der Waals surface area contributed by atoms with Gasteiger partial charge >= 0.3 is 6.18 Å². The van der Waals surface area contributed by atoms with E-state index < -0.39 is 21.8 Å². The van der Waals surface area contributed by atoms with Gasteiger partial charge in [0.05, 0.1) is 16.1 Å². The number of hydrogen-bond donors (Lipinski definition) is 2. The molecular weight excluding hydrogens is 509 g/mol. The van der Waals surface area contributed by atoms with Gasteiger partial charge in [-0.05, 0) is 60.4 Å². The van der Waals surface area contributed by atoms with Crippen LogP contribution >= 0.6 is 0 Å². The van der Waals surface area contributed by atoms with E-state index in [2.05, 4.69) is 15.6 Å². The molecule has 2 aliphatic heterocycles. The molecule has 0 bridgehead atoms. The third-order valence-electron chi connectivity index (χ3n) is 6.34. The van der Waals surface area contributed by atoms with E-state index in [0.717, 1.165) is 23.4 Å². The Bertz CT molecular complexity index is 1400. The lowest BCUT2D eigenvalue weighted by atomic mass is 10.0. The van der Waals surface area contributed by atoms with Crippen LogP contribution in [0.4, 0.5) is 24.7 Å². The Morgan fingerprint density at radius 3 is 2.35 bits per heavy atom. The fraction of sp³-hybridized carbons (Fsp3) is 0.280. The number of sulfonamides is 1. The standard InChI is InChI=1S/C25H23F3N4O4S/c26-25(27,28)18-4-8-23(29-14-18)30-19-9-11-32(12-10-19)37(34,35)20-5-1-16(2-6-20)17-3-7-21-22(13-17)36-15-24(33)31-21/h1-8,13-14,19H,9-12,15H2,(H,29,30)(H,31,33). The maximum atomic E-state index is 13.2. The van der Waals surface area contributed by atoms with E-state index in [4.69, 9.17) is 4.74 Å². The highest BCUT2D eigenvalue weighted by Crippen LogP contribution is 2.34. The van der Waals surface area contributed by atoms with Gasteiger partial charge < -0.3 is 15.4 Å². The summed E-state index contributed by atoms with van der Waals surface area (Å²) < 4.78 is 71.4. The molecule has 3 heterocycles. The molecule has 2 aromatic carbocycles. The van der Waals surface area contributed by atoms with Gasteiger partial charge in [0.25, 0.3) is 5.91 Å². The predicted molar refractivity (Wildman–Crippen MR) is 131 cm³/mol. The molecule has 0 spiro atoms. The minimum Gasteiger partial charge on any atom is -0.482 e. The van der Waals surface area contributed by atoms with Gasteiger partial charge in [0.15, 0.2) is 6.61 Å². The molecule has 194 valence electrons. The van der Waals surface area contributed by atoms with Crippen LogP contribution in [0.3, 0.4) is 0 Å². The number of ether oxygens (including phenoxy) is 1. The first-order valence-electron chi connectivity index (χ1n) is 11.6. The summed E-state index contributed by atoms with van der Waals surface area (Å²) in [6, 6.07) is 14.1. The van der Waals surface area contributed by atoms with Gasteiger partial charge in [-0.2, -0.15) is 17.5 Å². The van der Waals surface area contributed by atoms with Gasteiger partial charge in [0.1, 0.15) is 11.6 Å². The minimum absolute atomic E-state index is 0.0549. The van der Waals surface area contributed by atoms with Gasteiger partial charge in [0.2, 0.25) is 10.0 Å². The van der Waals surface area contributed by atoms with Crippen molar-refractivity contribution in [2.45, 2.75) is 30.0 Å². The van der Waals surface area contributed by atoms with Gasteiger partial charge in [-0.3, -0.25) is 4.79 Å². The molecular formula is C25H23F3N4O4S. The van der Waals surface area contributed by atoms with Crippen molar-refractivity contribution in [3.63, 3.8) is 0 Å². The second kappa shape index (κ2) is 9.67. The molecule has 2 aliphatic rings. The number of pyridine rings is 1. The van der Waals surface area contributed by atoms with E-state index in [9.17, 15) is 26.4 Å². The fourth-order valence-corrected chi connectivity index (χ4v) is 5.79. The van der Waals surface area contributed by atoms with Crippen LogP contribution in [0.1, 0.15) is 18.4 Å². The van der Waals surface area contributed by atoms with Crippen LogP contribution < -0.4 is 15.4 Å². The average Bonchev–Trinajstić information content (AvgIpc) is 2.88. The fourth-order valence-electron chi connectivity index (χ4n) is 4.32. The first-order chi connectivity index (χ1) is 17.6. The third-order valence-corrected chi connectivity index (χ3v) is 8.25. The average molecular weight is 533 g/mol. The van der Waals surface area contributed by atoms with Crippen LogP contribution in [-0.2, 0) is 21.0 Å². The molecule has 0 atom stereocenters. The molecule has 1 saturated heterocycles. The van der Waals surface area contributed by atoms with Crippen LogP contribution in [0.2, 0.25) is 0 Å². The monoisotopic (exact) mass is 532 g/mol. The second-order valence-electron chi connectivity index (χ2n) is 8.82. The molecule has 37 heavy (non-hydrogen) atoms. The Morgan fingerprint density at radius 1 is 1.00 bits per heavy atom. The summed E-state index contributed by atoms with van der Waals surface area (Å²) in [5.74, 6) is 0.655. The van der Waals surface area contributed by atoms with Crippen molar-refractivity contribution in [3.8, 4) is 16.9 Å². The van der Waals surface area contributed by atoms with Gasteiger partial charge in [0, 0.05) is 25.3 Å². The van der Waals surface area contributed by atoms with Crippen molar-refractivity contribution < 1.29 is 31.1 Å². The lowest BCUT2D eigenvalue weighted by Gasteiger charge is -2.32. The first kappa shape index (κ1) is 25.0. The SMILES string of the molecule is O=C1COc2cc(-c3ccc(S(=O)(=O)N4CCC(Nc5ccc(C(F)(F)F)cn5)CC4)cc3)ccc2N1. The van der Waals surface area contributed by atoms with E-state index in [-0.39, 0.29) is 36.5 Å². The maximum absolute atomic E-state index is 13.2. The molecule has 1 amide bonds. The Labute approximate surface area is 211 Å². The van der Waals surface area contributed by atoms with E-state index in [1.54, 1.807) is 36.4 Å². The number of carbonyl (C=O) groups is 1. The summed E-state index contributed by atoms with van der Waals surface area (Å²) in [4.78, 5) is 15.4. The highest BCUT2D eigenvalue weighted by atomic mass is 32.2. The second-order valence-corrected chi connectivity index (χ2v) is 10.8. The Hall–Kier alpha value is -3.64. The number of aromatic nitrogens is 1. The third kappa shape index (κ3) is 5.39. The number of fused-ring (bicyclic) bond motifs is 1. The van der Waals surface area contributed by atoms with Crippen molar-refractivity contribution in [3.05, 3.63) is 66.4 Å². The zero-order valence-electron chi connectivity index (χ0n) is 19.5. The van der Waals surface area contributed by atoms with Crippen molar-refractivity contribution >= 4 is 27.4 Å². The van der Waals surface area contributed by atoms with Gasteiger partial charge in [-0.1, -0.05) is 18.2 Å². The molecule has 5 rings (SSSR count). The summed E-state index contributed by atoms with van der Waals surface area (Å²) in [6.45, 7) is 0.493. The largest absolute Gasteiger partial charge is 0.482 e. The molecule has 2 N–H and O–H groups in total. The molecule has 0 radical (unpaired) electrons. The summed E-state index contributed by atoms with van der Waals surface area (Å²) in [6.07, 6.45) is -2.69. The normalized spacial score (nSPS) is 17.0. The zero-order valence-corrected chi connectivity index (χ0v) is 20.3. The summed E-state index contributed by atoms with van der Waals surface area (Å²) in [5.41, 5.74) is 1.39. The number of benzene rings is 2. The molecule has 0 saturated carbocycles. The molecule has 1 fully saturated rings. The first-order valence-corrected chi connectivity index (χ1v) is 13.0. The molecule has 3 aromatic rings. The van der Waals surface area contributed by atoms with Crippen LogP contribution in [-0.4, -0.2) is 49.4 Å². The Kier molecular flexibility index (Phi) is 6.54. The lowest BCUT2D eigenvalue weighted by molar-refractivity contribution is -0.137. The van der Waals surface area contributed by atoms with Gasteiger partial charge in [-0.15, -0.1) is 0 Å². The Balaban J connectivity index is 1.21. The molecule has 0 aliphatic carbocycles. The van der Waals surface area contributed by atoms with Crippen molar-refractivity contribution in [2.24, 2.45) is 0 Å². The van der Waals surface area contributed by atoms with E-state index >= 15 is 0 Å². The van der Waals surface area contributed by atoms with Crippen LogP contribution in [0.25, 0.3) is 11.1 Å². The number of piperidine rings is 1. The van der Waals surface area contributed by atoms with E-state index in [1.807, 2.05) is 6.07 Å². The van der Waals surface area contributed by atoms with E-state index in [1.165, 1.54) is 10.4 Å². The number of nitrogens with zero attached hydrogens (tertiary/aromatic N) is 2. The highest BCUT2D eigenvalue weighted by molar-refractivity contribution is 7.89. The molecule has 12 heteroatoms. The summed E-state index contributed by atoms with van der Waals surface area (Å²) >= 11 is 0. The number of carbonyl (C=O) groups excluding carboxylic acids is 1. The molecule has 8 nitrogen and oxygen atoms in total. The van der Waals surface area contributed by atoms with Crippen LogP contribution in [0.15, 0.2) is 65.7 Å². The van der Waals surface area contributed by atoms with Gasteiger partial charge in [-0.25, -0.2) is 13.4 Å². The Morgan fingerprint density at radius 2 is 1.70 bits per heavy atom. The zero-order chi connectivity index (χ0) is 26.2. The van der Waals surface area contributed by atoms with Crippen molar-refractivity contribution in [1.82, 2.24) is 9.29 Å².